The van der Waals surface area contributed by atoms with Crippen molar-refractivity contribution in [1.82, 2.24) is 5.32 Å². The average Bonchev–Trinajstić information content (AvgIpc) is 2.64. The molecular formula is C16H21BClNO3. The summed E-state index contributed by atoms with van der Waals surface area (Å²) in [7, 11) is -0.491. The van der Waals surface area contributed by atoms with Gasteiger partial charge in [-0.1, -0.05) is 30.3 Å². The van der Waals surface area contributed by atoms with E-state index in [2.05, 4.69) is 11.9 Å². The van der Waals surface area contributed by atoms with E-state index in [1.54, 1.807) is 0 Å². The summed E-state index contributed by atoms with van der Waals surface area (Å²) in [5.41, 5.74) is 0.884. The fraction of sp³-hybridized carbons (Fsp3) is 0.438. The topological polar surface area (TPSA) is 47.6 Å². The van der Waals surface area contributed by atoms with Crippen molar-refractivity contribution in [2.24, 2.45) is 0 Å². The highest BCUT2D eigenvalue weighted by molar-refractivity contribution is 6.65. The molecule has 0 saturated carbocycles. The van der Waals surface area contributed by atoms with E-state index in [0.717, 1.165) is 11.0 Å². The van der Waals surface area contributed by atoms with Crippen molar-refractivity contribution in [3.63, 3.8) is 0 Å². The molecule has 1 aromatic rings. The van der Waals surface area contributed by atoms with Gasteiger partial charge in [-0.15, -0.1) is 0 Å². The number of halogens is 1. The molecule has 1 fully saturated rings. The molecule has 0 aromatic heterocycles. The molecule has 1 aliphatic heterocycles. The van der Waals surface area contributed by atoms with Gasteiger partial charge in [0.15, 0.2) is 0 Å². The Bertz CT molecular complexity index is 585. The fourth-order valence-electron chi connectivity index (χ4n) is 2.10. The van der Waals surface area contributed by atoms with Crippen LogP contribution in [0, 0.1) is 0 Å². The van der Waals surface area contributed by atoms with Gasteiger partial charge in [-0.2, -0.15) is 0 Å². The first-order valence-corrected chi connectivity index (χ1v) is 7.58. The average molecular weight is 322 g/mol. The van der Waals surface area contributed by atoms with Crippen molar-refractivity contribution in [1.29, 1.82) is 0 Å². The molecule has 6 heteroatoms. The molecular weight excluding hydrogens is 300 g/mol. The predicted octanol–water partition coefficient (Wildman–Crippen LogP) is 2.44. The van der Waals surface area contributed by atoms with E-state index >= 15 is 0 Å². The van der Waals surface area contributed by atoms with Gasteiger partial charge in [0.05, 0.1) is 11.2 Å². The molecule has 4 nitrogen and oxygen atoms in total. The van der Waals surface area contributed by atoms with Crippen molar-refractivity contribution in [2.45, 2.75) is 45.4 Å². The summed E-state index contributed by atoms with van der Waals surface area (Å²) >= 11 is 6.35. The molecule has 1 aliphatic rings. The number of carbonyl (C=O) groups excluding carboxylic acids is 1. The minimum atomic E-state index is -0.491. The Hall–Kier alpha value is -1.30. The van der Waals surface area contributed by atoms with Crippen molar-refractivity contribution < 1.29 is 14.1 Å². The third-order valence-electron chi connectivity index (χ3n) is 4.22. The molecule has 1 aromatic carbocycles. The van der Waals surface area contributed by atoms with Crippen molar-refractivity contribution in [3.8, 4) is 0 Å². The highest BCUT2D eigenvalue weighted by Crippen LogP contribution is 2.37. The summed E-state index contributed by atoms with van der Waals surface area (Å²) in [5.74, 6) is -0.217. The standard InChI is InChI=1S/C16H21BClNO3/c1-6-14(20)19-10-11-7-8-12(13(18)9-11)17-21-15(2,3)16(4,5)22-17/h6-9H,1,10H2,2-5H3,(H,19,20). The van der Waals surface area contributed by atoms with Crippen LogP contribution in [0.15, 0.2) is 30.9 Å². The van der Waals surface area contributed by atoms with E-state index in [-0.39, 0.29) is 5.91 Å². The Morgan fingerprint density at radius 1 is 1.32 bits per heavy atom. The molecule has 22 heavy (non-hydrogen) atoms. The van der Waals surface area contributed by atoms with Crippen molar-refractivity contribution in [3.05, 3.63) is 41.4 Å². The Balaban J connectivity index is 2.14. The fourth-order valence-corrected chi connectivity index (χ4v) is 2.40. The highest BCUT2D eigenvalue weighted by atomic mass is 35.5. The van der Waals surface area contributed by atoms with Gasteiger partial charge in [0, 0.05) is 17.0 Å². The number of hydrogen-bond donors (Lipinski definition) is 1. The molecule has 1 heterocycles. The second kappa shape index (κ2) is 6.07. The van der Waals surface area contributed by atoms with Crippen LogP contribution in [0.1, 0.15) is 33.3 Å². The van der Waals surface area contributed by atoms with E-state index in [0.29, 0.717) is 11.6 Å². The number of hydrogen-bond acceptors (Lipinski definition) is 3. The molecule has 1 amide bonds. The van der Waals surface area contributed by atoms with Crippen LogP contribution in [-0.4, -0.2) is 24.2 Å². The van der Waals surface area contributed by atoms with E-state index in [1.165, 1.54) is 6.08 Å². The Morgan fingerprint density at radius 3 is 2.41 bits per heavy atom. The number of amides is 1. The normalized spacial score (nSPS) is 19.0. The zero-order valence-corrected chi connectivity index (χ0v) is 14.2. The molecule has 1 N–H and O–H groups in total. The van der Waals surface area contributed by atoms with Crippen LogP contribution in [0.5, 0.6) is 0 Å². The van der Waals surface area contributed by atoms with Gasteiger partial charge in [0.1, 0.15) is 0 Å². The summed E-state index contributed by atoms with van der Waals surface area (Å²) in [6.45, 7) is 11.8. The largest absolute Gasteiger partial charge is 0.496 e. The quantitative estimate of drug-likeness (QED) is 0.684. The van der Waals surface area contributed by atoms with E-state index in [9.17, 15) is 4.79 Å². The third kappa shape index (κ3) is 3.37. The number of nitrogens with one attached hydrogen (secondary N) is 1. The van der Waals surface area contributed by atoms with Gasteiger partial charge in [-0.05, 0) is 45.4 Å². The molecule has 0 spiro atoms. The third-order valence-corrected chi connectivity index (χ3v) is 4.55. The SMILES string of the molecule is C=CC(=O)NCc1ccc(B2OC(C)(C)C(C)(C)O2)c(Cl)c1. The summed E-state index contributed by atoms with van der Waals surface area (Å²) < 4.78 is 12.0. The lowest BCUT2D eigenvalue weighted by Crippen LogP contribution is -2.41. The smallest absolute Gasteiger partial charge is 0.399 e. The molecule has 0 bridgehead atoms. The Morgan fingerprint density at radius 2 is 1.91 bits per heavy atom. The zero-order chi connectivity index (χ0) is 16.5. The van der Waals surface area contributed by atoms with Crippen molar-refractivity contribution >= 4 is 30.1 Å². The van der Waals surface area contributed by atoms with Gasteiger partial charge < -0.3 is 14.6 Å². The Kier molecular flexibility index (Phi) is 4.71. The van der Waals surface area contributed by atoms with Gasteiger partial charge in [-0.25, -0.2) is 0 Å². The van der Waals surface area contributed by atoms with Gasteiger partial charge in [0.25, 0.3) is 0 Å². The van der Waals surface area contributed by atoms with Gasteiger partial charge in [0.2, 0.25) is 5.91 Å². The van der Waals surface area contributed by atoms with E-state index in [4.69, 9.17) is 20.9 Å². The molecule has 118 valence electrons. The van der Waals surface area contributed by atoms with Crippen LogP contribution in [-0.2, 0) is 20.6 Å². The first-order valence-electron chi connectivity index (χ1n) is 7.20. The number of benzene rings is 1. The van der Waals surface area contributed by atoms with E-state index < -0.39 is 18.3 Å². The van der Waals surface area contributed by atoms with Crippen LogP contribution >= 0.6 is 11.6 Å². The van der Waals surface area contributed by atoms with Crippen LogP contribution in [0.3, 0.4) is 0 Å². The minimum Gasteiger partial charge on any atom is -0.399 e. The van der Waals surface area contributed by atoms with Crippen molar-refractivity contribution in [2.75, 3.05) is 0 Å². The second-order valence-corrected chi connectivity index (χ2v) is 6.77. The maximum atomic E-state index is 11.2. The first-order chi connectivity index (χ1) is 10.2. The summed E-state index contributed by atoms with van der Waals surface area (Å²) in [6, 6.07) is 5.58. The number of carbonyl (C=O) groups is 1. The molecule has 0 radical (unpaired) electrons. The molecule has 0 aliphatic carbocycles. The van der Waals surface area contributed by atoms with Crippen LogP contribution in [0.4, 0.5) is 0 Å². The lowest BCUT2D eigenvalue weighted by Gasteiger charge is -2.32. The van der Waals surface area contributed by atoms with Gasteiger partial charge >= 0.3 is 7.12 Å². The minimum absolute atomic E-state index is 0.217. The highest BCUT2D eigenvalue weighted by Gasteiger charge is 2.52. The van der Waals surface area contributed by atoms with Crippen LogP contribution in [0.25, 0.3) is 0 Å². The van der Waals surface area contributed by atoms with Crippen LogP contribution in [0.2, 0.25) is 5.02 Å². The molecule has 2 rings (SSSR count). The van der Waals surface area contributed by atoms with E-state index in [1.807, 2.05) is 45.9 Å². The summed E-state index contributed by atoms with van der Waals surface area (Å²) in [4.78, 5) is 11.2. The molecule has 0 unspecified atom stereocenters. The lowest BCUT2D eigenvalue weighted by atomic mass is 9.78. The van der Waals surface area contributed by atoms with Gasteiger partial charge in [-0.3, -0.25) is 4.79 Å². The first kappa shape index (κ1) is 17.1. The number of rotatable bonds is 4. The summed E-state index contributed by atoms with van der Waals surface area (Å²) in [5, 5.41) is 3.27. The lowest BCUT2D eigenvalue weighted by molar-refractivity contribution is -0.116. The predicted molar refractivity (Wildman–Crippen MR) is 89.2 cm³/mol. The molecule has 0 atom stereocenters. The maximum Gasteiger partial charge on any atom is 0.496 e. The summed E-state index contributed by atoms with van der Waals surface area (Å²) in [6.07, 6.45) is 1.24. The maximum absolute atomic E-state index is 11.2. The monoisotopic (exact) mass is 321 g/mol. The molecule has 1 saturated heterocycles. The van der Waals surface area contributed by atoms with Crippen LogP contribution < -0.4 is 10.8 Å². The Labute approximate surface area is 137 Å². The second-order valence-electron chi connectivity index (χ2n) is 6.37. The zero-order valence-electron chi connectivity index (χ0n) is 13.4.